The van der Waals surface area contributed by atoms with Crippen LogP contribution in [0.4, 0.5) is 0 Å². The second-order valence-electron chi connectivity index (χ2n) is 4.82. The third-order valence-corrected chi connectivity index (χ3v) is 3.79. The minimum Gasteiger partial charge on any atom is -0.0654 e. The van der Waals surface area contributed by atoms with Crippen LogP contribution in [0.3, 0.4) is 0 Å². The van der Waals surface area contributed by atoms with Crippen LogP contribution in [0.25, 0.3) is 0 Å². The van der Waals surface area contributed by atoms with Crippen molar-refractivity contribution in [1.82, 2.24) is 0 Å². The van der Waals surface area contributed by atoms with Gasteiger partial charge in [-0.25, -0.2) is 0 Å². The van der Waals surface area contributed by atoms with Gasteiger partial charge in [0.2, 0.25) is 0 Å². The van der Waals surface area contributed by atoms with Crippen LogP contribution in [-0.2, 0) is 0 Å². The van der Waals surface area contributed by atoms with Crippen LogP contribution in [0.2, 0.25) is 0 Å². The van der Waals surface area contributed by atoms with Crippen LogP contribution in [-0.4, -0.2) is 0 Å². The molecule has 0 aromatic heterocycles. The first kappa shape index (κ1) is 11.1. The first-order valence-electron chi connectivity index (χ1n) is 6.31. The van der Waals surface area contributed by atoms with Gasteiger partial charge in [-0.2, -0.15) is 0 Å². The summed E-state index contributed by atoms with van der Waals surface area (Å²) in [6.45, 7) is 6.99. The molecule has 1 aliphatic carbocycles. The van der Waals surface area contributed by atoms with Gasteiger partial charge in [0, 0.05) is 0 Å². The maximum atomic E-state index is 2.34. The van der Waals surface area contributed by atoms with Crippen molar-refractivity contribution in [2.75, 3.05) is 0 Å². The van der Waals surface area contributed by atoms with Crippen molar-refractivity contribution in [2.45, 2.75) is 65.7 Å². The zero-order valence-corrected chi connectivity index (χ0v) is 9.68. The SMILES string of the molecule is CCCCC1CC1CC(CC)CC. The van der Waals surface area contributed by atoms with E-state index in [2.05, 4.69) is 20.8 Å². The van der Waals surface area contributed by atoms with Crippen LogP contribution in [0.5, 0.6) is 0 Å². The standard InChI is InChI=1S/C13H26/c1-4-7-8-12-10-13(12)9-11(5-2)6-3/h11-13H,4-10H2,1-3H3. The average Bonchev–Trinajstić information content (AvgIpc) is 2.89. The largest absolute Gasteiger partial charge is 0.0654 e. The fourth-order valence-corrected chi connectivity index (χ4v) is 2.47. The number of hydrogen-bond donors (Lipinski definition) is 0. The molecule has 1 rings (SSSR count). The molecule has 0 aromatic carbocycles. The Morgan fingerprint density at radius 3 is 2.31 bits per heavy atom. The molecule has 0 radical (unpaired) electrons. The Hall–Kier alpha value is 0. The van der Waals surface area contributed by atoms with Crippen LogP contribution in [0.15, 0.2) is 0 Å². The highest BCUT2D eigenvalue weighted by Crippen LogP contribution is 2.47. The van der Waals surface area contributed by atoms with E-state index in [0.29, 0.717) is 0 Å². The first-order chi connectivity index (χ1) is 6.31. The average molecular weight is 182 g/mol. The predicted octanol–water partition coefficient (Wildman–Crippen LogP) is 4.64. The second-order valence-corrected chi connectivity index (χ2v) is 4.82. The van der Waals surface area contributed by atoms with Crippen molar-refractivity contribution in [2.24, 2.45) is 17.8 Å². The van der Waals surface area contributed by atoms with Crippen molar-refractivity contribution in [3.8, 4) is 0 Å². The highest BCUT2D eigenvalue weighted by Gasteiger charge is 2.36. The molecule has 0 aliphatic heterocycles. The molecule has 0 aromatic rings. The van der Waals surface area contributed by atoms with Crippen LogP contribution >= 0.6 is 0 Å². The zero-order valence-electron chi connectivity index (χ0n) is 9.68. The minimum absolute atomic E-state index is 1.02. The monoisotopic (exact) mass is 182 g/mol. The molecule has 0 N–H and O–H groups in total. The molecule has 1 fully saturated rings. The molecule has 0 bridgehead atoms. The zero-order chi connectivity index (χ0) is 9.68. The second kappa shape index (κ2) is 5.67. The van der Waals surface area contributed by atoms with Gasteiger partial charge in [-0.1, -0.05) is 52.9 Å². The Kier molecular flexibility index (Phi) is 4.83. The Morgan fingerprint density at radius 1 is 1.08 bits per heavy atom. The van der Waals surface area contributed by atoms with Crippen molar-refractivity contribution >= 4 is 0 Å². The lowest BCUT2D eigenvalue weighted by atomic mass is 9.95. The summed E-state index contributed by atoms with van der Waals surface area (Å²) in [7, 11) is 0. The van der Waals surface area contributed by atoms with E-state index in [-0.39, 0.29) is 0 Å². The Balaban J connectivity index is 2.05. The third-order valence-electron chi connectivity index (χ3n) is 3.79. The molecule has 0 nitrogen and oxygen atoms in total. The summed E-state index contributed by atoms with van der Waals surface area (Å²) in [5.74, 6) is 3.27. The molecule has 1 aliphatic rings. The van der Waals surface area contributed by atoms with E-state index in [1.54, 1.807) is 6.42 Å². The number of unbranched alkanes of at least 4 members (excludes halogenated alkanes) is 1. The van der Waals surface area contributed by atoms with E-state index in [4.69, 9.17) is 0 Å². The summed E-state index contributed by atoms with van der Waals surface area (Å²) >= 11 is 0. The molecule has 2 atom stereocenters. The fourth-order valence-electron chi connectivity index (χ4n) is 2.47. The lowest BCUT2D eigenvalue weighted by Crippen LogP contribution is -1.98. The molecule has 0 amide bonds. The summed E-state index contributed by atoms with van der Waals surface area (Å²) in [4.78, 5) is 0. The van der Waals surface area contributed by atoms with Gasteiger partial charge < -0.3 is 0 Å². The highest BCUT2D eigenvalue weighted by atomic mass is 14.4. The molecule has 0 heterocycles. The summed E-state index contributed by atoms with van der Waals surface area (Å²) in [6.07, 6.45) is 10.2. The Labute approximate surface area is 84.1 Å². The molecule has 78 valence electrons. The maximum absolute atomic E-state index is 2.34. The van der Waals surface area contributed by atoms with Crippen molar-refractivity contribution in [3.05, 3.63) is 0 Å². The van der Waals surface area contributed by atoms with Crippen LogP contribution in [0, 0.1) is 17.8 Å². The molecular weight excluding hydrogens is 156 g/mol. The lowest BCUT2D eigenvalue weighted by Gasteiger charge is -2.11. The quantitative estimate of drug-likeness (QED) is 0.538. The molecule has 13 heavy (non-hydrogen) atoms. The van der Waals surface area contributed by atoms with E-state index in [1.807, 2.05) is 0 Å². The van der Waals surface area contributed by atoms with Gasteiger partial charge in [-0.05, 0) is 30.6 Å². The Bertz CT molecular complexity index is 124. The summed E-state index contributed by atoms with van der Waals surface area (Å²) in [6, 6.07) is 0. The van der Waals surface area contributed by atoms with Gasteiger partial charge in [0.1, 0.15) is 0 Å². The van der Waals surface area contributed by atoms with Crippen molar-refractivity contribution < 1.29 is 0 Å². The normalized spacial score (nSPS) is 26.8. The van der Waals surface area contributed by atoms with Crippen molar-refractivity contribution in [3.63, 3.8) is 0 Å². The van der Waals surface area contributed by atoms with E-state index in [0.717, 1.165) is 17.8 Å². The number of rotatable bonds is 7. The number of hydrogen-bond acceptors (Lipinski definition) is 0. The lowest BCUT2D eigenvalue weighted by molar-refractivity contribution is 0.411. The molecule has 0 spiro atoms. The minimum atomic E-state index is 1.02. The highest BCUT2D eigenvalue weighted by molar-refractivity contribution is 4.87. The van der Waals surface area contributed by atoms with Crippen LogP contribution in [0.1, 0.15) is 65.7 Å². The maximum Gasteiger partial charge on any atom is -0.0380 e. The van der Waals surface area contributed by atoms with Crippen LogP contribution < -0.4 is 0 Å². The summed E-state index contributed by atoms with van der Waals surface area (Å²) in [5.41, 5.74) is 0. The molecule has 2 unspecified atom stereocenters. The topological polar surface area (TPSA) is 0 Å². The smallest absolute Gasteiger partial charge is 0.0380 e. The first-order valence-corrected chi connectivity index (χ1v) is 6.31. The van der Waals surface area contributed by atoms with Gasteiger partial charge in [0.25, 0.3) is 0 Å². The van der Waals surface area contributed by atoms with E-state index in [9.17, 15) is 0 Å². The van der Waals surface area contributed by atoms with Crippen molar-refractivity contribution in [1.29, 1.82) is 0 Å². The molecular formula is C13H26. The Morgan fingerprint density at radius 2 is 1.77 bits per heavy atom. The molecule has 0 saturated heterocycles. The predicted molar refractivity (Wildman–Crippen MR) is 59.8 cm³/mol. The van der Waals surface area contributed by atoms with E-state index >= 15 is 0 Å². The fraction of sp³-hybridized carbons (Fsp3) is 1.00. The van der Waals surface area contributed by atoms with Gasteiger partial charge in [-0.3, -0.25) is 0 Å². The summed E-state index contributed by atoms with van der Waals surface area (Å²) < 4.78 is 0. The van der Waals surface area contributed by atoms with Gasteiger partial charge in [0.15, 0.2) is 0 Å². The molecule has 0 heteroatoms. The summed E-state index contributed by atoms with van der Waals surface area (Å²) in [5, 5.41) is 0. The van der Waals surface area contributed by atoms with Gasteiger partial charge in [-0.15, -0.1) is 0 Å². The van der Waals surface area contributed by atoms with E-state index < -0.39 is 0 Å². The van der Waals surface area contributed by atoms with E-state index in [1.165, 1.54) is 38.5 Å². The van der Waals surface area contributed by atoms with Gasteiger partial charge in [0.05, 0.1) is 0 Å². The molecule has 1 saturated carbocycles. The third kappa shape index (κ3) is 3.70. The van der Waals surface area contributed by atoms with Gasteiger partial charge >= 0.3 is 0 Å².